The third kappa shape index (κ3) is 5.08. The van der Waals surface area contributed by atoms with Crippen molar-refractivity contribution in [2.45, 2.75) is 52.1 Å². The first-order chi connectivity index (χ1) is 9.83. The van der Waals surface area contributed by atoms with E-state index in [0.717, 1.165) is 30.5 Å². The minimum atomic E-state index is 0.584. The minimum absolute atomic E-state index is 0.584. The molecule has 0 radical (unpaired) electrons. The summed E-state index contributed by atoms with van der Waals surface area (Å²) < 4.78 is 5.02. The number of hydrogen-bond donors (Lipinski definition) is 0. The first-order valence-electron chi connectivity index (χ1n) is 7.88. The Morgan fingerprint density at radius 3 is 2.25 bits per heavy atom. The molecule has 0 N–H and O–H groups in total. The molecule has 20 heavy (non-hydrogen) atoms. The molecule has 1 aromatic rings. The predicted octanol–water partition coefficient (Wildman–Crippen LogP) is 3.42. The van der Waals surface area contributed by atoms with E-state index in [2.05, 4.69) is 21.8 Å². The maximum atomic E-state index is 5.02. The van der Waals surface area contributed by atoms with Gasteiger partial charge in [0.1, 0.15) is 0 Å². The predicted molar refractivity (Wildman–Crippen MR) is 81.8 cm³/mol. The van der Waals surface area contributed by atoms with E-state index in [0.29, 0.717) is 6.61 Å². The molecule has 0 amide bonds. The van der Waals surface area contributed by atoms with Gasteiger partial charge in [-0.1, -0.05) is 26.2 Å². The van der Waals surface area contributed by atoms with Gasteiger partial charge in [-0.3, -0.25) is 0 Å². The van der Waals surface area contributed by atoms with Gasteiger partial charge in [0.05, 0.1) is 6.61 Å². The normalized spacial score (nSPS) is 18.4. The molecule has 0 aromatic carbocycles. The highest BCUT2D eigenvalue weighted by molar-refractivity contribution is 5.30. The number of nitrogens with zero attached hydrogens (tertiary/aromatic N) is 3. The summed E-state index contributed by atoms with van der Waals surface area (Å²) in [5.74, 6) is 1.99. The third-order valence-electron chi connectivity index (χ3n) is 3.92. The molecule has 4 nitrogen and oxygen atoms in total. The SMILES string of the molecule is CCC1CC1.COCc1cnc(N2CCCCC2)nc1. The highest BCUT2D eigenvalue weighted by atomic mass is 16.5. The van der Waals surface area contributed by atoms with Crippen LogP contribution in [0, 0.1) is 5.92 Å². The molecule has 2 fully saturated rings. The van der Waals surface area contributed by atoms with Crippen molar-refractivity contribution >= 4 is 5.95 Å². The Kier molecular flexibility index (Phi) is 6.25. The molecule has 2 heterocycles. The molecule has 0 bridgehead atoms. The maximum absolute atomic E-state index is 5.02. The van der Waals surface area contributed by atoms with Crippen molar-refractivity contribution in [3.8, 4) is 0 Å². The van der Waals surface area contributed by atoms with Gasteiger partial charge in [-0.25, -0.2) is 9.97 Å². The number of aromatic nitrogens is 2. The molecule has 1 aliphatic heterocycles. The highest BCUT2D eigenvalue weighted by Crippen LogP contribution is 2.31. The second-order valence-corrected chi connectivity index (χ2v) is 5.72. The van der Waals surface area contributed by atoms with Crippen molar-refractivity contribution in [1.29, 1.82) is 0 Å². The van der Waals surface area contributed by atoms with Crippen molar-refractivity contribution in [2.24, 2.45) is 5.92 Å². The van der Waals surface area contributed by atoms with Crippen LogP contribution in [-0.4, -0.2) is 30.2 Å². The topological polar surface area (TPSA) is 38.2 Å². The number of anilines is 1. The van der Waals surface area contributed by atoms with Crippen LogP contribution in [0.4, 0.5) is 5.95 Å². The van der Waals surface area contributed by atoms with Crippen LogP contribution >= 0.6 is 0 Å². The maximum Gasteiger partial charge on any atom is 0.225 e. The van der Waals surface area contributed by atoms with Crippen LogP contribution in [0.2, 0.25) is 0 Å². The lowest BCUT2D eigenvalue weighted by atomic mass is 10.1. The van der Waals surface area contributed by atoms with Gasteiger partial charge in [0, 0.05) is 38.2 Å². The Morgan fingerprint density at radius 2 is 1.80 bits per heavy atom. The summed E-state index contributed by atoms with van der Waals surface area (Å²) in [6, 6.07) is 0. The number of piperidine rings is 1. The number of hydrogen-bond acceptors (Lipinski definition) is 4. The van der Waals surface area contributed by atoms with E-state index in [1.165, 1.54) is 38.5 Å². The molecular formula is C16H27N3O. The summed E-state index contributed by atoms with van der Waals surface area (Å²) in [5.41, 5.74) is 1.03. The third-order valence-corrected chi connectivity index (χ3v) is 3.92. The van der Waals surface area contributed by atoms with Crippen LogP contribution in [0.3, 0.4) is 0 Å². The smallest absolute Gasteiger partial charge is 0.225 e. The molecule has 1 aromatic heterocycles. The van der Waals surface area contributed by atoms with Crippen molar-refractivity contribution in [1.82, 2.24) is 9.97 Å². The van der Waals surface area contributed by atoms with E-state index in [1.54, 1.807) is 7.11 Å². The Morgan fingerprint density at radius 1 is 1.15 bits per heavy atom. The number of ether oxygens (including phenoxy) is 1. The van der Waals surface area contributed by atoms with E-state index in [-0.39, 0.29) is 0 Å². The fourth-order valence-electron chi connectivity index (χ4n) is 2.37. The Bertz CT molecular complexity index is 370. The molecule has 1 saturated heterocycles. The first kappa shape index (κ1) is 15.2. The fourth-order valence-corrected chi connectivity index (χ4v) is 2.37. The molecule has 4 heteroatoms. The lowest BCUT2D eigenvalue weighted by Gasteiger charge is -2.26. The van der Waals surface area contributed by atoms with Crippen LogP contribution in [0.25, 0.3) is 0 Å². The van der Waals surface area contributed by atoms with Crippen molar-refractivity contribution < 1.29 is 4.74 Å². The van der Waals surface area contributed by atoms with Crippen LogP contribution < -0.4 is 4.90 Å². The summed E-state index contributed by atoms with van der Waals surface area (Å²) in [6.45, 7) is 5.02. The standard InChI is InChI=1S/C11H17N3O.C5H10/c1-15-9-10-7-12-11(13-8-10)14-5-3-2-4-6-14;1-2-5-3-4-5/h7-8H,2-6,9H2,1H3;5H,2-4H2,1H3. The van der Waals surface area contributed by atoms with Gasteiger partial charge < -0.3 is 9.64 Å². The lowest BCUT2D eigenvalue weighted by molar-refractivity contribution is 0.184. The molecule has 1 saturated carbocycles. The zero-order chi connectivity index (χ0) is 14.2. The van der Waals surface area contributed by atoms with Crippen LogP contribution in [0.5, 0.6) is 0 Å². The molecule has 1 aliphatic carbocycles. The van der Waals surface area contributed by atoms with Crippen molar-refractivity contribution in [3.05, 3.63) is 18.0 Å². The fraction of sp³-hybridized carbons (Fsp3) is 0.750. The van der Waals surface area contributed by atoms with E-state index >= 15 is 0 Å². The molecular weight excluding hydrogens is 250 g/mol. The van der Waals surface area contributed by atoms with Crippen LogP contribution in [0.1, 0.15) is 51.0 Å². The Labute approximate surface area is 122 Å². The van der Waals surface area contributed by atoms with Gasteiger partial charge in [0.2, 0.25) is 5.95 Å². The minimum Gasteiger partial charge on any atom is -0.380 e. The van der Waals surface area contributed by atoms with Crippen LogP contribution in [0.15, 0.2) is 12.4 Å². The van der Waals surface area contributed by atoms with Crippen LogP contribution in [-0.2, 0) is 11.3 Å². The highest BCUT2D eigenvalue weighted by Gasteiger charge is 2.17. The number of rotatable bonds is 4. The summed E-state index contributed by atoms with van der Waals surface area (Å²) in [4.78, 5) is 11.0. The summed E-state index contributed by atoms with van der Waals surface area (Å²) >= 11 is 0. The molecule has 0 atom stereocenters. The van der Waals surface area contributed by atoms with Gasteiger partial charge in [-0.05, 0) is 25.2 Å². The molecule has 0 unspecified atom stereocenters. The van der Waals surface area contributed by atoms with Gasteiger partial charge in [-0.15, -0.1) is 0 Å². The van der Waals surface area contributed by atoms with Gasteiger partial charge in [0.25, 0.3) is 0 Å². The monoisotopic (exact) mass is 277 g/mol. The lowest BCUT2D eigenvalue weighted by Crippen LogP contribution is -2.30. The summed E-state index contributed by atoms with van der Waals surface area (Å²) in [5, 5.41) is 0. The van der Waals surface area contributed by atoms with Crippen molar-refractivity contribution in [2.75, 3.05) is 25.1 Å². The van der Waals surface area contributed by atoms with Crippen molar-refractivity contribution in [3.63, 3.8) is 0 Å². The van der Waals surface area contributed by atoms with Gasteiger partial charge in [-0.2, -0.15) is 0 Å². The van der Waals surface area contributed by atoms with Gasteiger partial charge in [0.15, 0.2) is 0 Å². The zero-order valence-corrected chi connectivity index (χ0v) is 12.8. The summed E-state index contributed by atoms with van der Waals surface area (Å²) in [7, 11) is 1.68. The first-order valence-corrected chi connectivity index (χ1v) is 7.88. The van der Waals surface area contributed by atoms with E-state index in [9.17, 15) is 0 Å². The number of methoxy groups -OCH3 is 1. The quantitative estimate of drug-likeness (QED) is 0.845. The Balaban J connectivity index is 0.000000247. The van der Waals surface area contributed by atoms with E-state index in [4.69, 9.17) is 4.74 Å². The second-order valence-electron chi connectivity index (χ2n) is 5.72. The zero-order valence-electron chi connectivity index (χ0n) is 12.8. The Hall–Kier alpha value is -1.16. The molecule has 2 aliphatic rings. The second kappa shape index (κ2) is 8.20. The molecule has 0 spiro atoms. The molecule has 112 valence electrons. The summed E-state index contributed by atoms with van der Waals surface area (Å²) in [6.07, 6.45) is 12.0. The molecule has 3 rings (SSSR count). The van der Waals surface area contributed by atoms with Gasteiger partial charge >= 0.3 is 0 Å². The van der Waals surface area contributed by atoms with E-state index in [1.807, 2.05) is 12.4 Å². The largest absolute Gasteiger partial charge is 0.380 e. The average Bonchev–Trinajstić information content (AvgIpc) is 3.34. The van der Waals surface area contributed by atoms with E-state index < -0.39 is 0 Å². The average molecular weight is 277 g/mol.